The van der Waals surface area contributed by atoms with Crippen molar-refractivity contribution in [2.75, 3.05) is 60.2 Å². The number of benzene rings is 2. The molecule has 5 heterocycles. The average molecular weight is 954 g/mol. The minimum Gasteiger partial charge on any atom is -0.508 e. The van der Waals surface area contributed by atoms with E-state index in [1.54, 1.807) is 42.4 Å². The van der Waals surface area contributed by atoms with Gasteiger partial charge in [-0.1, -0.05) is 39.8 Å². The number of carbonyl (C=O) groups excluding carboxylic acids is 5. The van der Waals surface area contributed by atoms with E-state index in [1.807, 2.05) is 39.0 Å². The average Bonchev–Trinajstić information content (AvgIpc) is 3.98. The third-order valence-corrected chi connectivity index (χ3v) is 13.0. The van der Waals surface area contributed by atoms with Crippen LogP contribution in [0.5, 0.6) is 5.75 Å². The van der Waals surface area contributed by atoms with Gasteiger partial charge in [0, 0.05) is 81.4 Å². The van der Waals surface area contributed by atoms with Crippen LogP contribution in [-0.2, 0) is 57.5 Å². The van der Waals surface area contributed by atoms with Crippen molar-refractivity contribution >= 4 is 41.7 Å². The Morgan fingerprint density at radius 2 is 1.75 bits per heavy atom. The van der Waals surface area contributed by atoms with Crippen molar-refractivity contribution in [1.29, 1.82) is 0 Å². The molecule has 3 fully saturated rings. The van der Waals surface area contributed by atoms with Crippen molar-refractivity contribution in [2.45, 2.75) is 111 Å². The van der Waals surface area contributed by atoms with E-state index in [0.717, 1.165) is 83.3 Å². The molecule has 2 aromatic heterocycles. The predicted octanol–water partition coefficient (Wildman–Crippen LogP) is 6.43. The number of amides is 4. The van der Waals surface area contributed by atoms with E-state index in [-0.39, 0.29) is 48.9 Å². The second kappa shape index (κ2) is 24.0. The maximum absolute atomic E-state index is 14.0. The van der Waals surface area contributed by atoms with Crippen LogP contribution in [0.15, 0.2) is 54.7 Å². The van der Waals surface area contributed by atoms with Crippen LogP contribution in [0.4, 0.5) is 4.79 Å². The number of aryl methyl sites for hydroxylation is 1. The first-order valence-corrected chi connectivity index (χ1v) is 24.2. The Kier molecular flexibility index (Phi) is 18.2. The van der Waals surface area contributed by atoms with Gasteiger partial charge in [-0.15, -0.1) is 0 Å². The summed E-state index contributed by atoms with van der Waals surface area (Å²) in [5, 5.41) is 16.7. The summed E-state index contributed by atoms with van der Waals surface area (Å²) in [6.07, 6.45) is 6.63. The standard InChI is InChI=1S/C44H58N6O7.C8H13NO3/c1-9-49-38-15-14-31(23-35(38)36(24-44(5,6)25-57-27-52)41(49)34-13-12-16-45-39(34)29(4)56-8)32-19-30(20-33(53)22-32)21-37(43(55)50-18-11-10-17-46-50)47-42(54)40(28(2)3)48(7)26-51;10-8(9-3-1-2-4-9)12-7-5-11-6-7/h12-16,19-20,22-23,26-29,37,40,46,53H,9-11,17-18,21,24-25H2,1-8H3,(H,47,54);7H,1-6H2. The largest absolute Gasteiger partial charge is 0.508 e. The molecule has 4 amide bonds. The molecule has 0 aliphatic carbocycles. The maximum atomic E-state index is 14.0. The van der Waals surface area contributed by atoms with Gasteiger partial charge in [0.2, 0.25) is 12.3 Å². The maximum Gasteiger partial charge on any atom is 0.410 e. The Bertz CT molecular complexity index is 2400. The Labute approximate surface area is 405 Å². The molecule has 17 heteroatoms. The molecule has 69 heavy (non-hydrogen) atoms. The number of fused-ring (bicyclic) bond motifs is 1. The molecule has 0 radical (unpaired) electrons. The minimum absolute atomic E-state index is 0.0121. The molecule has 3 N–H and O–H groups in total. The Hall–Kier alpha value is -6.04. The molecule has 3 unspecified atom stereocenters. The number of phenolic OH excluding ortho intramolecular Hbond substituents is 1. The van der Waals surface area contributed by atoms with Crippen LogP contribution in [0.2, 0.25) is 0 Å². The van der Waals surface area contributed by atoms with Crippen LogP contribution in [-0.4, -0.2) is 139 Å². The molecule has 4 aromatic rings. The minimum atomic E-state index is -0.965. The molecule has 3 aliphatic rings. The Morgan fingerprint density at radius 1 is 1.01 bits per heavy atom. The Balaban J connectivity index is 0.000000561. The number of hydrogen-bond donors (Lipinski definition) is 3. The van der Waals surface area contributed by atoms with Crippen LogP contribution < -0.4 is 10.7 Å². The number of methoxy groups -OCH3 is 1. The lowest BCUT2D eigenvalue weighted by atomic mass is 9.84. The number of pyridine rings is 1. The van der Waals surface area contributed by atoms with Gasteiger partial charge in [0.05, 0.1) is 37.3 Å². The van der Waals surface area contributed by atoms with Gasteiger partial charge in [-0.05, 0) is 111 Å². The van der Waals surface area contributed by atoms with Crippen molar-refractivity contribution in [3.05, 3.63) is 71.5 Å². The molecule has 17 nitrogen and oxygen atoms in total. The summed E-state index contributed by atoms with van der Waals surface area (Å²) in [5.41, 5.74) is 9.82. The SMILES string of the molecule is CCn1c(-c2cccnc2C(C)OC)c(CC(C)(C)COC=O)c2cc(-c3cc(O)cc(CC(NC(=O)C(C(C)C)N(C)C=O)C(=O)N4CCCCN4)c3)ccc21.O=C(OC1COC1)N1CCCC1. The number of aromatic hydroxyl groups is 1. The van der Waals surface area contributed by atoms with E-state index in [0.29, 0.717) is 57.7 Å². The molecule has 7 rings (SSSR count). The smallest absolute Gasteiger partial charge is 0.410 e. The van der Waals surface area contributed by atoms with E-state index in [9.17, 15) is 29.1 Å². The van der Waals surface area contributed by atoms with E-state index >= 15 is 0 Å². The number of likely N-dealkylation sites (N-methyl/N-ethyl adjacent to an activating group) is 1. The van der Waals surface area contributed by atoms with Gasteiger partial charge in [0.15, 0.2) is 6.10 Å². The molecular formula is C52H71N7O10. The lowest BCUT2D eigenvalue weighted by Gasteiger charge is -2.33. The molecule has 0 bridgehead atoms. The molecule has 0 saturated carbocycles. The summed E-state index contributed by atoms with van der Waals surface area (Å²) in [4.78, 5) is 69.8. The highest BCUT2D eigenvalue weighted by molar-refractivity contribution is 5.95. The van der Waals surface area contributed by atoms with Crippen molar-refractivity contribution in [2.24, 2.45) is 11.3 Å². The molecule has 0 spiro atoms. The summed E-state index contributed by atoms with van der Waals surface area (Å²) >= 11 is 0. The number of hydrazine groups is 1. The first-order valence-electron chi connectivity index (χ1n) is 24.2. The van der Waals surface area contributed by atoms with Gasteiger partial charge in [-0.3, -0.25) is 29.2 Å². The van der Waals surface area contributed by atoms with Crippen LogP contribution in [0, 0.1) is 11.3 Å². The van der Waals surface area contributed by atoms with Gasteiger partial charge in [0.25, 0.3) is 12.4 Å². The van der Waals surface area contributed by atoms with Crippen molar-refractivity contribution in [3.63, 3.8) is 0 Å². The van der Waals surface area contributed by atoms with Crippen LogP contribution in [0.3, 0.4) is 0 Å². The summed E-state index contributed by atoms with van der Waals surface area (Å²) in [7, 11) is 3.22. The number of nitrogens with zero attached hydrogens (tertiary/aromatic N) is 5. The number of likely N-dealkylation sites (tertiary alicyclic amines) is 1. The summed E-state index contributed by atoms with van der Waals surface area (Å²) in [6, 6.07) is 13.7. The second-order valence-corrected chi connectivity index (χ2v) is 19.3. The lowest BCUT2D eigenvalue weighted by Crippen LogP contribution is -2.58. The highest BCUT2D eigenvalue weighted by atomic mass is 16.6. The van der Waals surface area contributed by atoms with Gasteiger partial charge in [0.1, 0.15) is 17.8 Å². The van der Waals surface area contributed by atoms with E-state index in [4.69, 9.17) is 23.9 Å². The number of ether oxygens (including phenoxy) is 4. The Morgan fingerprint density at radius 3 is 2.38 bits per heavy atom. The number of nitrogens with one attached hydrogen (secondary N) is 2. The third-order valence-electron chi connectivity index (χ3n) is 13.0. The molecule has 374 valence electrons. The van der Waals surface area contributed by atoms with Gasteiger partial charge in [-0.2, -0.15) is 0 Å². The zero-order chi connectivity index (χ0) is 49.8. The fraction of sp³-hybridized carbons (Fsp3) is 0.538. The fourth-order valence-corrected chi connectivity index (χ4v) is 9.40. The molecular weight excluding hydrogens is 883 g/mol. The summed E-state index contributed by atoms with van der Waals surface area (Å²) in [5.74, 6) is -0.898. The predicted molar refractivity (Wildman–Crippen MR) is 262 cm³/mol. The van der Waals surface area contributed by atoms with E-state index < -0.39 is 23.4 Å². The zero-order valence-electron chi connectivity index (χ0n) is 41.5. The summed E-state index contributed by atoms with van der Waals surface area (Å²) < 4.78 is 23.4. The highest BCUT2D eigenvalue weighted by Gasteiger charge is 2.34. The quantitative estimate of drug-likeness (QED) is 0.0874. The molecule has 2 aromatic carbocycles. The van der Waals surface area contributed by atoms with Crippen LogP contribution in [0.25, 0.3) is 33.3 Å². The van der Waals surface area contributed by atoms with Gasteiger partial charge >= 0.3 is 6.09 Å². The van der Waals surface area contributed by atoms with E-state index in [1.165, 1.54) is 4.90 Å². The fourth-order valence-electron chi connectivity index (χ4n) is 9.40. The number of hydrogen-bond acceptors (Lipinski definition) is 12. The number of rotatable bonds is 19. The van der Waals surface area contributed by atoms with Gasteiger partial charge in [-0.25, -0.2) is 10.2 Å². The zero-order valence-corrected chi connectivity index (χ0v) is 41.5. The normalized spacial score (nSPS) is 16.5. The van der Waals surface area contributed by atoms with Crippen molar-refractivity contribution < 1.29 is 48.0 Å². The first-order chi connectivity index (χ1) is 33.1. The molecule has 3 saturated heterocycles. The third kappa shape index (κ3) is 13.0. The first kappa shape index (κ1) is 52.3. The number of aromatic nitrogens is 2. The summed E-state index contributed by atoms with van der Waals surface area (Å²) in [6.45, 7) is 17.3. The van der Waals surface area contributed by atoms with Crippen molar-refractivity contribution in [3.8, 4) is 28.1 Å². The lowest BCUT2D eigenvalue weighted by molar-refractivity contribution is -0.142. The van der Waals surface area contributed by atoms with E-state index in [2.05, 4.69) is 54.3 Å². The number of carbonyl (C=O) groups is 5. The van der Waals surface area contributed by atoms with Crippen LogP contribution in [0.1, 0.15) is 90.2 Å². The van der Waals surface area contributed by atoms with Gasteiger partial charge < -0.3 is 43.7 Å². The second-order valence-electron chi connectivity index (χ2n) is 19.3. The van der Waals surface area contributed by atoms with Crippen molar-refractivity contribution in [1.82, 2.24) is 35.1 Å². The number of phenols is 1. The monoisotopic (exact) mass is 954 g/mol. The molecule has 3 aliphatic heterocycles. The highest BCUT2D eigenvalue weighted by Crippen LogP contribution is 2.42. The van der Waals surface area contributed by atoms with Crippen LogP contribution >= 0.6 is 0 Å². The molecule has 3 atom stereocenters. The topological polar surface area (TPSA) is 194 Å².